The number of methoxy groups -OCH3 is 1. The van der Waals surface area contributed by atoms with E-state index in [0.717, 1.165) is 5.56 Å². The van der Waals surface area contributed by atoms with Crippen LogP contribution < -0.4 is 0 Å². The van der Waals surface area contributed by atoms with Gasteiger partial charge in [0.2, 0.25) is 0 Å². The van der Waals surface area contributed by atoms with Crippen LogP contribution in [0.15, 0.2) is 30.3 Å². The van der Waals surface area contributed by atoms with Crippen LogP contribution in [0, 0.1) is 6.92 Å². The molecule has 0 saturated heterocycles. The molecule has 2 aromatic rings. The monoisotopic (exact) mass is 404 g/mol. The molecular formula is C21H25ClN2O4. The van der Waals surface area contributed by atoms with Crippen LogP contribution in [0.2, 0.25) is 5.02 Å². The first kappa shape index (κ1) is 21.7. The number of pyridine rings is 1. The minimum absolute atomic E-state index is 0.200. The molecule has 0 atom stereocenters. The third kappa shape index (κ3) is 5.45. The first-order chi connectivity index (χ1) is 13.0. The van der Waals surface area contributed by atoms with Crippen molar-refractivity contribution in [2.75, 3.05) is 14.2 Å². The quantitative estimate of drug-likeness (QED) is 0.680. The molecule has 1 amide bonds. The summed E-state index contributed by atoms with van der Waals surface area (Å²) in [6.45, 7) is 7.51. The van der Waals surface area contributed by atoms with E-state index in [4.69, 9.17) is 21.1 Å². The molecule has 0 aliphatic heterocycles. The molecule has 1 aromatic heterocycles. The van der Waals surface area contributed by atoms with Crippen LogP contribution >= 0.6 is 11.6 Å². The molecular weight excluding hydrogens is 380 g/mol. The number of hydrogen-bond donors (Lipinski definition) is 0. The van der Waals surface area contributed by atoms with Gasteiger partial charge in [0, 0.05) is 29.9 Å². The van der Waals surface area contributed by atoms with Gasteiger partial charge in [0.15, 0.2) is 5.69 Å². The summed E-state index contributed by atoms with van der Waals surface area (Å²) in [7, 11) is 2.96. The Kier molecular flexibility index (Phi) is 6.67. The van der Waals surface area contributed by atoms with Crippen molar-refractivity contribution in [1.82, 2.24) is 9.88 Å². The second kappa shape index (κ2) is 8.61. The van der Waals surface area contributed by atoms with Gasteiger partial charge in [-0.15, -0.1) is 0 Å². The third-order valence-electron chi connectivity index (χ3n) is 3.89. The predicted octanol–water partition coefficient (Wildman–Crippen LogP) is 4.86. The van der Waals surface area contributed by atoms with Gasteiger partial charge in [0.1, 0.15) is 5.60 Å². The number of halogens is 1. The van der Waals surface area contributed by atoms with Crippen molar-refractivity contribution in [3.8, 4) is 11.1 Å². The zero-order chi connectivity index (χ0) is 21.1. The summed E-state index contributed by atoms with van der Waals surface area (Å²) in [5.41, 5.74) is 2.40. The van der Waals surface area contributed by atoms with Gasteiger partial charge < -0.3 is 14.4 Å². The maximum atomic E-state index is 12.3. The fraction of sp³-hybridized carbons (Fsp3) is 0.381. The van der Waals surface area contributed by atoms with Crippen LogP contribution in [0.5, 0.6) is 0 Å². The summed E-state index contributed by atoms with van der Waals surface area (Å²) in [5.74, 6) is -0.537. The zero-order valence-electron chi connectivity index (χ0n) is 17.0. The Hall–Kier alpha value is -2.60. The van der Waals surface area contributed by atoms with E-state index < -0.39 is 17.7 Å². The molecule has 0 N–H and O–H groups in total. The number of carbonyl (C=O) groups is 2. The Morgan fingerprint density at radius 3 is 2.43 bits per heavy atom. The predicted molar refractivity (Wildman–Crippen MR) is 108 cm³/mol. The summed E-state index contributed by atoms with van der Waals surface area (Å²) in [6, 6.07) is 8.92. The Balaban J connectivity index is 2.47. The normalized spacial score (nSPS) is 11.1. The summed E-state index contributed by atoms with van der Waals surface area (Å²) in [6.07, 6.45) is -0.441. The maximum absolute atomic E-state index is 12.3. The van der Waals surface area contributed by atoms with E-state index in [1.807, 2.05) is 32.9 Å². The van der Waals surface area contributed by atoms with Crippen molar-refractivity contribution in [3.05, 3.63) is 52.3 Å². The van der Waals surface area contributed by atoms with E-state index in [0.29, 0.717) is 21.8 Å². The third-order valence-corrected chi connectivity index (χ3v) is 4.12. The first-order valence-corrected chi connectivity index (χ1v) is 9.18. The molecule has 7 heteroatoms. The summed E-state index contributed by atoms with van der Waals surface area (Å²) in [4.78, 5) is 30.4. The molecule has 0 aliphatic carbocycles. The maximum Gasteiger partial charge on any atom is 0.410 e. The standard InChI is InChI=1S/C21H25ClN2O4/c1-13-7-10-16(18(23-13)19(25)27-6)17-11-15(22)9-8-14(17)12-24(5)20(26)28-21(2,3)4/h7-11H,12H2,1-6H3. The summed E-state index contributed by atoms with van der Waals surface area (Å²) >= 11 is 6.21. The van der Waals surface area contributed by atoms with E-state index in [1.165, 1.54) is 12.0 Å². The fourth-order valence-electron chi connectivity index (χ4n) is 2.62. The number of aryl methyl sites for hydroxylation is 1. The average Bonchev–Trinajstić information content (AvgIpc) is 2.61. The molecule has 6 nitrogen and oxygen atoms in total. The number of nitrogens with zero attached hydrogens (tertiary/aromatic N) is 2. The number of esters is 1. The van der Waals surface area contributed by atoms with Crippen LogP contribution in [0.3, 0.4) is 0 Å². The van der Waals surface area contributed by atoms with E-state index in [1.54, 1.807) is 32.2 Å². The van der Waals surface area contributed by atoms with Crippen molar-refractivity contribution in [1.29, 1.82) is 0 Å². The van der Waals surface area contributed by atoms with Gasteiger partial charge in [-0.25, -0.2) is 14.6 Å². The second-order valence-electron chi connectivity index (χ2n) is 7.48. The summed E-state index contributed by atoms with van der Waals surface area (Å²) < 4.78 is 10.3. The minimum atomic E-state index is -0.590. The molecule has 1 heterocycles. The van der Waals surface area contributed by atoms with E-state index >= 15 is 0 Å². The zero-order valence-corrected chi connectivity index (χ0v) is 17.8. The Morgan fingerprint density at radius 2 is 1.82 bits per heavy atom. The van der Waals surface area contributed by atoms with Crippen molar-refractivity contribution in [2.24, 2.45) is 0 Å². The molecule has 1 aromatic carbocycles. The number of benzene rings is 1. The Morgan fingerprint density at radius 1 is 1.14 bits per heavy atom. The second-order valence-corrected chi connectivity index (χ2v) is 7.91. The van der Waals surface area contributed by atoms with Gasteiger partial charge in [-0.1, -0.05) is 23.7 Å². The molecule has 0 fully saturated rings. The highest BCUT2D eigenvalue weighted by molar-refractivity contribution is 6.31. The molecule has 0 radical (unpaired) electrons. The Bertz CT molecular complexity index is 890. The van der Waals surface area contributed by atoms with Crippen LogP contribution in [0.4, 0.5) is 4.79 Å². The number of hydrogen-bond acceptors (Lipinski definition) is 5. The summed E-state index contributed by atoms with van der Waals surface area (Å²) in [5, 5.41) is 0.509. The van der Waals surface area contributed by atoms with Crippen LogP contribution in [-0.2, 0) is 16.0 Å². The smallest absolute Gasteiger partial charge is 0.410 e. The SMILES string of the molecule is COC(=O)c1nc(C)ccc1-c1cc(Cl)ccc1CN(C)C(=O)OC(C)(C)C. The molecule has 0 unspecified atom stereocenters. The van der Waals surface area contributed by atoms with Gasteiger partial charge in [0.05, 0.1) is 7.11 Å². The average molecular weight is 405 g/mol. The lowest BCUT2D eigenvalue weighted by Crippen LogP contribution is -2.33. The molecule has 0 spiro atoms. The van der Waals surface area contributed by atoms with E-state index in [-0.39, 0.29) is 12.2 Å². The molecule has 28 heavy (non-hydrogen) atoms. The number of aromatic nitrogens is 1. The number of rotatable bonds is 4. The van der Waals surface area contributed by atoms with Gasteiger partial charge in [-0.2, -0.15) is 0 Å². The van der Waals surface area contributed by atoms with Gasteiger partial charge in [0.25, 0.3) is 0 Å². The van der Waals surface area contributed by atoms with Crippen molar-refractivity contribution < 1.29 is 19.1 Å². The number of amides is 1. The highest BCUT2D eigenvalue weighted by Gasteiger charge is 2.22. The van der Waals surface area contributed by atoms with Crippen LogP contribution in [-0.4, -0.2) is 41.7 Å². The minimum Gasteiger partial charge on any atom is -0.464 e. The molecule has 0 aliphatic rings. The number of ether oxygens (including phenoxy) is 2. The lowest BCUT2D eigenvalue weighted by Gasteiger charge is -2.25. The highest BCUT2D eigenvalue weighted by atomic mass is 35.5. The molecule has 2 rings (SSSR count). The fourth-order valence-corrected chi connectivity index (χ4v) is 2.80. The molecule has 0 bridgehead atoms. The lowest BCUT2D eigenvalue weighted by molar-refractivity contribution is 0.0285. The van der Waals surface area contributed by atoms with E-state index in [9.17, 15) is 9.59 Å². The molecule has 0 saturated carbocycles. The highest BCUT2D eigenvalue weighted by Crippen LogP contribution is 2.31. The van der Waals surface area contributed by atoms with E-state index in [2.05, 4.69) is 4.98 Å². The van der Waals surface area contributed by atoms with Gasteiger partial charge >= 0.3 is 12.1 Å². The van der Waals surface area contributed by atoms with Crippen molar-refractivity contribution in [3.63, 3.8) is 0 Å². The number of carbonyl (C=O) groups excluding carboxylic acids is 2. The first-order valence-electron chi connectivity index (χ1n) is 8.80. The van der Waals surface area contributed by atoms with Crippen molar-refractivity contribution >= 4 is 23.7 Å². The topological polar surface area (TPSA) is 68.7 Å². The molecule has 150 valence electrons. The Labute approximate surface area is 170 Å². The van der Waals surface area contributed by atoms with Crippen LogP contribution in [0.25, 0.3) is 11.1 Å². The lowest BCUT2D eigenvalue weighted by atomic mass is 9.97. The van der Waals surface area contributed by atoms with Gasteiger partial charge in [-0.3, -0.25) is 0 Å². The largest absolute Gasteiger partial charge is 0.464 e. The van der Waals surface area contributed by atoms with Crippen molar-refractivity contribution in [2.45, 2.75) is 39.8 Å². The van der Waals surface area contributed by atoms with Gasteiger partial charge in [-0.05, 0) is 57.0 Å². The van der Waals surface area contributed by atoms with Crippen LogP contribution in [0.1, 0.15) is 42.5 Å².